The quantitative estimate of drug-likeness (QED) is 0.394. The average Bonchev–Trinajstić information content (AvgIpc) is 2.52. The van der Waals surface area contributed by atoms with Gasteiger partial charge in [-0.1, -0.05) is 62.3 Å². The van der Waals surface area contributed by atoms with Crippen molar-refractivity contribution >= 4 is 10.1 Å². The number of rotatable bonds is 9. The minimum absolute atomic E-state index is 0.000932. The van der Waals surface area contributed by atoms with Crippen LogP contribution in [0, 0.1) is 29.1 Å². The summed E-state index contributed by atoms with van der Waals surface area (Å²) in [4.78, 5) is -0.412. The van der Waals surface area contributed by atoms with Crippen molar-refractivity contribution in [2.45, 2.75) is 92.9 Å². The lowest BCUT2D eigenvalue weighted by Gasteiger charge is -2.49. The van der Waals surface area contributed by atoms with Crippen molar-refractivity contribution < 1.29 is 27.6 Å². The van der Waals surface area contributed by atoms with Gasteiger partial charge in [-0.25, -0.2) is 0 Å². The number of phenolic OH excluding ortho intramolecular Hbond substituents is 1. The molecule has 0 bridgehead atoms. The van der Waals surface area contributed by atoms with Gasteiger partial charge in [0.1, 0.15) is 10.6 Å². The van der Waals surface area contributed by atoms with Gasteiger partial charge in [0.15, 0.2) is 11.5 Å². The van der Waals surface area contributed by atoms with Crippen LogP contribution >= 0.6 is 0 Å². The standard InChI is InChI=1S/C25H44O6S/c1-15(2)13-24(7,8)22(25(9,10)14-23(4,5)6)17-19(30-11)18(26)16(3)21(20(17)31-12)32(27,28)29/h15,22,26H,13-14H2,1-12H3,(H,27,28,29). The summed E-state index contributed by atoms with van der Waals surface area (Å²) in [5.41, 5.74) is -0.184. The van der Waals surface area contributed by atoms with Crippen LogP contribution in [0.15, 0.2) is 4.90 Å². The second kappa shape index (κ2) is 9.41. The van der Waals surface area contributed by atoms with Crippen LogP contribution in [0.1, 0.15) is 92.2 Å². The normalized spacial score (nSPS) is 14.6. The first-order valence-corrected chi connectivity index (χ1v) is 12.6. The first kappa shape index (κ1) is 28.6. The van der Waals surface area contributed by atoms with Crippen LogP contribution in [-0.4, -0.2) is 32.3 Å². The van der Waals surface area contributed by atoms with E-state index >= 15 is 0 Å². The number of aromatic hydroxyl groups is 1. The van der Waals surface area contributed by atoms with Gasteiger partial charge in [0.2, 0.25) is 0 Å². The molecule has 7 heteroatoms. The topological polar surface area (TPSA) is 93.1 Å². The SMILES string of the molecule is COc1c(O)c(C)c(S(=O)(=O)O)c(OC)c1C(C(C)(C)CC(C)C)C(C)(C)CC(C)(C)C. The van der Waals surface area contributed by atoms with E-state index < -0.39 is 15.0 Å². The minimum Gasteiger partial charge on any atom is -0.504 e. The second-order valence-corrected chi connectivity index (χ2v) is 13.4. The van der Waals surface area contributed by atoms with E-state index in [-0.39, 0.29) is 45.0 Å². The van der Waals surface area contributed by atoms with Gasteiger partial charge >= 0.3 is 0 Å². The average molecular weight is 473 g/mol. The van der Waals surface area contributed by atoms with Gasteiger partial charge in [-0.3, -0.25) is 4.55 Å². The Morgan fingerprint density at radius 3 is 1.72 bits per heavy atom. The molecule has 0 aliphatic heterocycles. The van der Waals surface area contributed by atoms with Crippen LogP contribution in [0.3, 0.4) is 0 Å². The van der Waals surface area contributed by atoms with Crippen molar-refractivity contribution in [2.24, 2.45) is 22.2 Å². The summed E-state index contributed by atoms with van der Waals surface area (Å²) < 4.78 is 46.2. The molecule has 1 atom stereocenters. The Bertz CT molecular complexity index is 921. The summed E-state index contributed by atoms with van der Waals surface area (Å²) in [6, 6.07) is 0. The third-order valence-corrected chi connectivity index (χ3v) is 7.05. The molecule has 0 fully saturated rings. The predicted molar refractivity (Wildman–Crippen MR) is 130 cm³/mol. The fourth-order valence-electron chi connectivity index (χ4n) is 6.26. The van der Waals surface area contributed by atoms with Crippen molar-refractivity contribution in [3.05, 3.63) is 11.1 Å². The smallest absolute Gasteiger partial charge is 0.298 e. The van der Waals surface area contributed by atoms with E-state index in [0.717, 1.165) is 12.8 Å². The lowest BCUT2D eigenvalue weighted by atomic mass is 9.56. The lowest BCUT2D eigenvalue weighted by molar-refractivity contribution is 0.0748. The Balaban J connectivity index is 4.25. The van der Waals surface area contributed by atoms with E-state index in [0.29, 0.717) is 11.5 Å². The molecular weight excluding hydrogens is 428 g/mol. The summed E-state index contributed by atoms with van der Waals surface area (Å²) in [6.07, 6.45) is 1.68. The van der Waals surface area contributed by atoms with E-state index in [1.165, 1.54) is 21.1 Å². The van der Waals surface area contributed by atoms with Crippen molar-refractivity contribution in [3.8, 4) is 17.2 Å². The maximum Gasteiger partial charge on any atom is 0.298 e. The molecule has 0 aliphatic rings. The van der Waals surface area contributed by atoms with Crippen LogP contribution in [-0.2, 0) is 10.1 Å². The number of methoxy groups -OCH3 is 2. The number of hydrogen-bond donors (Lipinski definition) is 2. The summed E-state index contributed by atoms with van der Waals surface area (Å²) in [5.74, 6) is 0.0513. The molecule has 0 amide bonds. The molecule has 0 radical (unpaired) electrons. The Morgan fingerprint density at radius 2 is 1.38 bits per heavy atom. The summed E-state index contributed by atoms with van der Waals surface area (Å²) in [7, 11) is -1.84. The Kier molecular flexibility index (Phi) is 8.40. The van der Waals surface area contributed by atoms with Gasteiger partial charge in [0, 0.05) is 17.0 Å². The minimum atomic E-state index is -4.67. The molecule has 0 heterocycles. The van der Waals surface area contributed by atoms with Crippen molar-refractivity contribution in [1.82, 2.24) is 0 Å². The van der Waals surface area contributed by atoms with Gasteiger partial charge in [-0.15, -0.1) is 0 Å². The largest absolute Gasteiger partial charge is 0.504 e. The molecule has 32 heavy (non-hydrogen) atoms. The zero-order valence-electron chi connectivity index (χ0n) is 22.0. The van der Waals surface area contributed by atoms with Gasteiger partial charge in [0.25, 0.3) is 10.1 Å². The molecule has 1 rings (SSSR count). The molecule has 1 unspecified atom stereocenters. The summed E-state index contributed by atoms with van der Waals surface area (Å²) >= 11 is 0. The molecule has 0 saturated heterocycles. The maximum absolute atomic E-state index is 12.4. The molecule has 186 valence electrons. The molecule has 1 aromatic carbocycles. The first-order valence-electron chi connectivity index (χ1n) is 11.2. The Labute approximate surface area is 195 Å². The van der Waals surface area contributed by atoms with Crippen LogP contribution in [0.4, 0.5) is 0 Å². The van der Waals surface area contributed by atoms with Crippen LogP contribution < -0.4 is 9.47 Å². The fraction of sp³-hybridized carbons (Fsp3) is 0.760. The number of benzene rings is 1. The molecule has 0 aromatic heterocycles. The highest BCUT2D eigenvalue weighted by molar-refractivity contribution is 7.86. The van der Waals surface area contributed by atoms with Gasteiger partial charge in [-0.2, -0.15) is 8.42 Å². The monoisotopic (exact) mass is 472 g/mol. The van der Waals surface area contributed by atoms with Crippen molar-refractivity contribution in [2.75, 3.05) is 14.2 Å². The zero-order chi connectivity index (χ0) is 25.4. The highest BCUT2D eigenvalue weighted by atomic mass is 32.2. The van der Waals surface area contributed by atoms with E-state index in [1.54, 1.807) is 0 Å². The summed E-state index contributed by atoms with van der Waals surface area (Å²) in [6.45, 7) is 20.9. The number of phenols is 1. The Hall–Kier alpha value is -1.47. The number of hydrogen-bond acceptors (Lipinski definition) is 5. The highest BCUT2D eigenvalue weighted by Crippen LogP contribution is 2.61. The molecule has 2 N–H and O–H groups in total. The van der Waals surface area contributed by atoms with Crippen LogP contribution in [0.2, 0.25) is 0 Å². The van der Waals surface area contributed by atoms with Gasteiger partial charge in [0.05, 0.1) is 14.2 Å². The molecule has 6 nitrogen and oxygen atoms in total. The van der Waals surface area contributed by atoms with Gasteiger partial charge in [-0.05, 0) is 41.9 Å². The highest BCUT2D eigenvalue weighted by Gasteiger charge is 2.48. The predicted octanol–water partition coefficient (Wildman–Crippen LogP) is 6.58. The lowest BCUT2D eigenvalue weighted by Crippen LogP contribution is -2.38. The molecular formula is C25H44O6S. The summed E-state index contributed by atoms with van der Waals surface area (Å²) in [5, 5.41) is 11.0. The maximum atomic E-state index is 12.4. The molecule has 0 saturated carbocycles. The first-order chi connectivity index (χ1) is 14.2. The van der Waals surface area contributed by atoms with Crippen LogP contribution in [0.25, 0.3) is 0 Å². The zero-order valence-corrected chi connectivity index (χ0v) is 22.8. The molecule has 0 spiro atoms. The fourth-order valence-corrected chi connectivity index (χ4v) is 7.17. The van der Waals surface area contributed by atoms with Crippen molar-refractivity contribution in [3.63, 3.8) is 0 Å². The van der Waals surface area contributed by atoms with Gasteiger partial charge < -0.3 is 14.6 Å². The van der Waals surface area contributed by atoms with E-state index in [4.69, 9.17) is 9.47 Å². The van der Waals surface area contributed by atoms with E-state index in [1.807, 2.05) is 0 Å². The second-order valence-electron chi connectivity index (χ2n) is 12.0. The third kappa shape index (κ3) is 6.10. The molecule has 1 aromatic rings. The van der Waals surface area contributed by atoms with Crippen LogP contribution in [0.5, 0.6) is 17.2 Å². The third-order valence-electron chi connectivity index (χ3n) is 6.04. The van der Waals surface area contributed by atoms with E-state index in [2.05, 4.69) is 62.3 Å². The Morgan fingerprint density at radius 1 is 0.906 bits per heavy atom. The number of ether oxygens (including phenoxy) is 2. The van der Waals surface area contributed by atoms with Crippen molar-refractivity contribution in [1.29, 1.82) is 0 Å². The molecule has 0 aliphatic carbocycles. The van der Waals surface area contributed by atoms with E-state index in [9.17, 15) is 18.1 Å².